The second kappa shape index (κ2) is 10.1. The van der Waals surface area contributed by atoms with Crippen LogP contribution in [0.1, 0.15) is 77.1 Å². The monoisotopic (exact) mass is 442 g/mol. The number of hydrogen-bond donors (Lipinski definition) is 0. The lowest BCUT2D eigenvalue weighted by Gasteiger charge is -2.28. The molecule has 2 amide bonds. The van der Waals surface area contributed by atoms with Crippen LogP contribution in [0.15, 0.2) is 6.07 Å². The Labute approximate surface area is 182 Å². The summed E-state index contributed by atoms with van der Waals surface area (Å²) in [7, 11) is 0. The highest BCUT2D eigenvalue weighted by molar-refractivity contribution is 6.31. The first-order valence-corrected chi connectivity index (χ1v) is 10.1. The number of carbonyl (C=O) groups excluding carboxylic acids is 3. The summed E-state index contributed by atoms with van der Waals surface area (Å²) in [5.74, 6) is -0.655. The molecule has 0 saturated carbocycles. The number of esters is 1. The standard InChI is InChI=1S/C21H31ClN2O6/c1-9-15-14(22)11-13(17(25)28-10-2)16(23-15)12-24(18(26)29-20(3,4)5)19(27)30-21(6,7)8/h11H,9-10,12H2,1-8H3. The first-order chi connectivity index (χ1) is 13.7. The second-order valence-corrected chi connectivity index (χ2v) is 8.94. The van der Waals surface area contributed by atoms with Crippen molar-refractivity contribution in [3.8, 4) is 0 Å². The molecule has 30 heavy (non-hydrogen) atoms. The Balaban J connectivity index is 3.43. The van der Waals surface area contributed by atoms with Gasteiger partial charge in [0.15, 0.2) is 0 Å². The lowest BCUT2D eigenvalue weighted by atomic mass is 10.1. The van der Waals surface area contributed by atoms with Crippen molar-refractivity contribution in [2.75, 3.05) is 6.61 Å². The summed E-state index contributed by atoms with van der Waals surface area (Å²) in [6.07, 6.45) is -1.34. The van der Waals surface area contributed by atoms with E-state index in [9.17, 15) is 14.4 Å². The normalized spacial score (nSPS) is 11.6. The first kappa shape index (κ1) is 25.7. The zero-order valence-corrected chi connectivity index (χ0v) is 19.7. The van der Waals surface area contributed by atoms with Gasteiger partial charge in [-0.2, -0.15) is 0 Å². The second-order valence-electron chi connectivity index (χ2n) is 8.53. The van der Waals surface area contributed by atoms with Crippen LogP contribution in [0.2, 0.25) is 5.02 Å². The molecule has 8 nitrogen and oxygen atoms in total. The fourth-order valence-corrected chi connectivity index (χ4v) is 2.60. The molecule has 0 saturated heterocycles. The van der Waals surface area contributed by atoms with Crippen LogP contribution in [0, 0.1) is 0 Å². The molecule has 0 fully saturated rings. The Morgan fingerprint density at radius 3 is 1.87 bits per heavy atom. The molecule has 0 spiro atoms. The van der Waals surface area contributed by atoms with Gasteiger partial charge in [0.2, 0.25) is 0 Å². The number of imide groups is 1. The van der Waals surface area contributed by atoms with E-state index in [0.717, 1.165) is 4.90 Å². The van der Waals surface area contributed by atoms with Crippen molar-refractivity contribution in [1.29, 1.82) is 0 Å². The zero-order chi connectivity index (χ0) is 23.3. The van der Waals surface area contributed by atoms with Gasteiger partial charge in [0.1, 0.15) is 11.2 Å². The molecule has 1 heterocycles. The van der Waals surface area contributed by atoms with Crippen LogP contribution in [0.4, 0.5) is 9.59 Å². The van der Waals surface area contributed by atoms with Crippen molar-refractivity contribution in [1.82, 2.24) is 9.88 Å². The average Bonchev–Trinajstić information content (AvgIpc) is 2.57. The molecule has 9 heteroatoms. The van der Waals surface area contributed by atoms with Crippen LogP contribution in [0.25, 0.3) is 0 Å². The van der Waals surface area contributed by atoms with Gasteiger partial charge in [0.25, 0.3) is 0 Å². The molecular weight excluding hydrogens is 412 g/mol. The summed E-state index contributed by atoms with van der Waals surface area (Å²) < 4.78 is 15.8. The molecule has 0 unspecified atom stereocenters. The van der Waals surface area contributed by atoms with Crippen LogP contribution in [-0.2, 0) is 27.2 Å². The van der Waals surface area contributed by atoms with E-state index >= 15 is 0 Å². The highest BCUT2D eigenvalue weighted by atomic mass is 35.5. The van der Waals surface area contributed by atoms with Gasteiger partial charge in [0, 0.05) is 0 Å². The summed E-state index contributed by atoms with van der Waals surface area (Å²) >= 11 is 6.21. The Kier molecular flexibility index (Phi) is 8.65. The number of nitrogens with zero attached hydrogens (tertiary/aromatic N) is 2. The van der Waals surface area contributed by atoms with Gasteiger partial charge < -0.3 is 14.2 Å². The molecule has 1 aromatic rings. The maximum atomic E-state index is 12.8. The molecule has 0 aliphatic carbocycles. The summed E-state index contributed by atoms with van der Waals surface area (Å²) in [5, 5.41) is 0.297. The Bertz CT molecular complexity index is 768. The smallest absolute Gasteiger partial charge is 0.420 e. The Hall–Kier alpha value is -2.35. The lowest BCUT2D eigenvalue weighted by molar-refractivity contribution is -0.000744. The van der Waals surface area contributed by atoms with Gasteiger partial charge >= 0.3 is 18.2 Å². The van der Waals surface area contributed by atoms with E-state index in [1.807, 2.05) is 6.92 Å². The zero-order valence-electron chi connectivity index (χ0n) is 18.9. The van der Waals surface area contributed by atoms with Gasteiger partial charge in [0.05, 0.1) is 35.1 Å². The van der Waals surface area contributed by atoms with E-state index in [-0.39, 0.29) is 24.4 Å². The fourth-order valence-electron chi connectivity index (χ4n) is 2.31. The van der Waals surface area contributed by atoms with E-state index < -0.39 is 29.4 Å². The number of pyridine rings is 1. The van der Waals surface area contributed by atoms with Crippen molar-refractivity contribution in [2.45, 2.75) is 79.6 Å². The van der Waals surface area contributed by atoms with E-state index in [1.165, 1.54) is 6.07 Å². The lowest BCUT2D eigenvalue weighted by Crippen LogP contribution is -2.43. The number of halogens is 1. The number of hydrogen-bond acceptors (Lipinski definition) is 7. The van der Waals surface area contributed by atoms with Crippen LogP contribution in [-0.4, -0.2) is 45.8 Å². The minimum absolute atomic E-state index is 0.0659. The quantitative estimate of drug-likeness (QED) is 0.459. The average molecular weight is 443 g/mol. The number of rotatable bonds is 5. The highest BCUT2D eigenvalue weighted by Gasteiger charge is 2.33. The maximum Gasteiger partial charge on any atom is 0.420 e. The fraction of sp³-hybridized carbons (Fsp3) is 0.619. The predicted molar refractivity (Wildman–Crippen MR) is 113 cm³/mol. The number of aromatic nitrogens is 1. The van der Waals surface area contributed by atoms with Crippen molar-refractivity contribution in [3.05, 3.63) is 28.0 Å². The molecular formula is C21H31ClN2O6. The van der Waals surface area contributed by atoms with Crippen molar-refractivity contribution >= 4 is 29.8 Å². The maximum absolute atomic E-state index is 12.8. The third-order valence-electron chi connectivity index (χ3n) is 3.49. The third-order valence-corrected chi connectivity index (χ3v) is 3.82. The topological polar surface area (TPSA) is 95.0 Å². The summed E-state index contributed by atoms with van der Waals surface area (Å²) in [5.41, 5.74) is -0.942. The molecule has 168 valence electrons. The van der Waals surface area contributed by atoms with Crippen molar-refractivity contribution < 1.29 is 28.6 Å². The van der Waals surface area contributed by atoms with Gasteiger partial charge in [-0.15, -0.1) is 0 Å². The van der Waals surface area contributed by atoms with E-state index in [0.29, 0.717) is 17.1 Å². The van der Waals surface area contributed by atoms with E-state index in [4.69, 9.17) is 25.8 Å². The molecule has 1 aromatic heterocycles. The Morgan fingerprint density at radius 1 is 0.967 bits per heavy atom. The largest absolute Gasteiger partial charge is 0.462 e. The predicted octanol–water partition coefficient (Wildman–Crippen LogP) is 5.15. The molecule has 0 N–H and O–H groups in total. The van der Waals surface area contributed by atoms with Crippen LogP contribution < -0.4 is 0 Å². The molecule has 1 rings (SSSR count). The molecule has 0 aliphatic rings. The third kappa shape index (κ3) is 7.82. The van der Waals surface area contributed by atoms with Crippen LogP contribution in [0.3, 0.4) is 0 Å². The summed E-state index contributed by atoms with van der Waals surface area (Å²) in [6.45, 7) is 13.4. The molecule has 0 radical (unpaired) electrons. The Morgan fingerprint density at radius 2 is 1.47 bits per heavy atom. The first-order valence-electron chi connectivity index (χ1n) is 9.77. The summed E-state index contributed by atoms with van der Waals surface area (Å²) in [6, 6.07) is 1.43. The minimum atomic E-state index is -0.915. The van der Waals surface area contributed by atoms with Gasteiger partial charge in [-0.3, -0.25) is 4.98 Å². The molecule has 0 aromatic carbocycles. The van der Waals surface area contributed by atoms with E-state index in [2.05, 4.69) is 4.98 Å². The molecule has 0 aliphatic heterocycles. The summed E-state index contributed by atoms with van der Waals surface area (Å²) in [4.78, 5) is 43.1. The van der Waals surface area contributed by atoms with Crippen molar-refractivity contribution in [2.24, 2.45) is 0 Å². The highest BCUT2D eigenvalue weighted by Crippen LogP contribution is 2.23. The number of aryl methyl sites for hydroxylation is 1. The number of amides is 2. The van der Waals surface area contributed by atoms with Gasteiger partial charge in [-0.1, -0.05) is 18.5 Å². The minimum Gasteiger partial charge on any atom is -0.462 e. The van der Waals surface area contributed by atoms with Gasteiger partial charge in [-0.05, 0) is 61.0 Å². The van der Waals surface area contributed by atoms with Crippen molar-refractivity contribution in [3.63, 3.8) is 0 Å². The number of carbonyl (C=O) groups is 3. The van der Waals surface area contributed by atoms with E-state index in [1.54, 1.807) is 48.5 Å². The number of ether oxygens (including phenoxy) is 3. The van der Waals surface area contributed by atoms with Crippen LogP contribution in [0.5, 0.6) is 0 Å². The molecule has 0 bridgehead atoms. The van der Waals surface area contributed by atoms with Crippen LogP contribution >= 0.6 is 11.6 Å². The SMILES string of the molecule is CCOC(=O)c1cc(Cl)c(CC)nc1CN(C(=O)OC(C)(C)C)C(=O)OC(C)(C)C. The van der Waals surface area contributed by atoms with Gasteiger partial charge in [-0.25, -0.2) is 19.3 Å². The molecule has 0 atom stereocenters.